The molecule has 0 aliphatic heterocycles. The molecule has 0 unspecified atom stereocenters. The first kappa shape index (κ1) is 16.0. The molecule has 4 aromatic rings. The van der Waals surface area contributed by atoms with Crippen LogP contribution in [0.15, 0.2) is 73.1 Å². The molecule has 24 heavy (non-hydrogen) atoms. The van der Waals surface area contributed by atoms with E-state index in [9.17, 15) is 0 Å². The maximum Gasteiger partial charge on any atom is 0.138 e. The lowest BCUT2D eigenvalue weighted by Gasteiger charge is -2.07. The summed E-state index contributed by atoms with van der Waals surface area (Å²) in [6.07, 6.45) is 3.65. The second-order valence-corrected chi connectivity index (χ2v) is 5.40. The van der Waals surface area contributed by atoms with Crippen LogP contribution in [0.5, 0.6) is 0 Å². The number of para-hydroxylation sites is 2. The number of benzene rings is 2. The molecule has 5 heteroatoms. The normalized spacial score (nSPS) is 10.3. The Morgan fingerprint density at radius 1 is 0.958 bits per heavy atom. The van der Waals surface area contributed by atoms with Crippen LogP contribution >= 0.6 is 12.4 Å². The molecule has 0 spiro atoms. The number of hydrogen-bond donors (Lipinski definition) is 2. The van der Waals surface area contributed by atoms with E-state index in [1.54, 1.807) is 6.20 Å². The van der Waals surface area contributed by atoms with Crippen molar-refractivity contribution in [3.8, 4) is 11.4 Å². The zero-order valence-electron chi connectivity index (χ0n) is 12.9. The summed E-state index contributed by atoms with van der Waals surface area (Å²) in [5.74, 6) is 0.885. The highest BCUT2D eigenvalue weighted by Gasteiger charge is 2.05. The zero-order chi connectivity index (χ0) is 15.5. The molecular weight excluding hydrogens is 320 g/mol. The quantitative estimate of drug-likeness (QED) is 0.570. The van der Waals surface area contributed by atoms with Crippen LogP contribution in [0.2, 0.25) is 0 Å². The van der Waals surface area contributed by atoms with Gasteiger partial charge in [0.15, 0.2) is 0 Å². The minimum atomic E-state index is 0. The summed E-state index contributed by atoms with van der Waals surface area (Å²) in [5.41, 5.74) is 5.32. The SMILES string of the molecule is Cl.c1cncc(CNc2cccc(-c3nc4ccccc4[nH]3)c2)c1. The highest BCUT2D eigenvalue weighted by Crippen LogP contribution is 2.23. The van der Waals surface area contributed by atoms with Crippen molar-refractivity contribution in [1.82, 2.24) is 15.0 Å². The Morgan fingerprint density at radius 2 is 1.88 bits per heavy atom. The molecule has 4 nitrogen and oxygen atoms in total. The van der Waals surface area contributed by atoms with Gasteiger partial charge in [-0.15, -0.1) is 12.4 Å². The highest BCUT2D eigenvalue weighted by molar-refractivity contribution is 5.85. The number of nitrogens with one attached hydrogen (secondary N) is 2. The minimum Gasteiger partial charge on any atom is -0.381 e. The molecule has 0 radical (unpaired) electrons. The summed E-state index contributed by atoms with van der Waals surface area (Å²) in [6, 6.07) is 20.3. The van der Waals surface area contributed by atoms with Crippen molar-refractivity contribution in [2.24, 2.45) is 0 Å². The molecule has 0 aliphatic carbocycles. The van der Waals surface area contributed by atoms with Gasteiger partial charge in [0, 0.05) is 30.2 Å². The standard InChI is InChI=1S/C19H16N4.ClH/c1-2-9-18-17(8-1)22-19(23-18)15-6-3-7-16(11-15)21-13-14-5-4-10-20-12-14;/h1-12,21H,13H2,(H,22,23);1H. The lowest BCUT2D eigenvalue weighted by atomic mass is 10.2. The third-order valence-electron chi connectivity index (χ3n) is 3.74. The number of fused-ring (bicyclic) bond motifs is 1. The first-order valence-electron chi connectivity index (χ1n) is 7.56. The molecule has 0 saturated heterocycles. The van der Waals surface area contributed by atoms with Crippen molar-refractivity contribution < 1.29 is 0 Å². The smallest absolute Gasteiger partial charge is 0.138 e. The Hall–Kier alpha value is -2.85. The number of anilines is 1. The number of pyridine rings is 1. The van der Waals surface area contributed by atoms with Crippen LogP contribution in [0, 0.1) is 0 Å². The van der Waals surface area contributed by atoms with Gasteiger partial charge in [-0.25, -0.2) is 4.98 Å². The average molecular weight is 337 g/mol. The van der Waals surface area contributed by atoms with Crippen molar-refractivity contribution in [3.05, 3.63) is 78.6 Å². The largest absolute Gasteiger partial charge is 0.381 e. The van der Waals surface area contributed by atoms with Crippen molar-refractivity contribution >= 4 is 29.1 Å². The molecule has 0 fully saturated rings. The van der Waals surface area contributed by atoms with Crippen LogP contribution in [0.25, 0.3) is 22.4 Å². The number of aromatic nitrogens is 3. The number of halogens is 1. The van der Waals surface area contributed by atoms with E-state index >= 15 is 0 Å². The van der Waals surface area contributed by atoms with E-state index < -0.39 is 0 Å². The van der Waals surface area contributed by atoms with E-state index in [2.05, 4.69) is 44.5 Å². The lowest BCUT2D eigenvalue weighted by Crippen LogP contribution is -1.99. The zero-order valence-corrected chi connectivity index (χ0v) is 13.8. The molecule has 0 aliphatic rings. The summed E-state index contributed by atoms with van der Waals surface area (Å²) in [6.45, 7) is 0.747. The van der Waals surface area contributed by atoms with Gasteiger partial charge < -0.3 is 10.3 Å². The van der Waals surface area contributed by atoms with Gasteiger partial charge in [0.25, 0.3) is 0 Å². The summed E-state index contributed by atoms with van der Waals surface area (Å²) >= 11 is 0. The Labute approximate surface area is 146 Å². The van der Waals surface area contributed by atoms with Gasteiger partial charge in [-0.1, -0.05) is 30.3 Å². The molecule has 120 valence electrons. The third kappa shape index (κ3) is 3.39. The summed E-state index contributed by atoms with van der Waals surface area (Å²) in [5, 5.41) is 3.42. The van der Waals surface area contributed by atoms with Gasteiger partial charge in [-0.3, -0.25) is 4.98 Å². The van der Waals surface area contributed by atoms with Gasteiger partial charge in [0.05, 0.1) is 11.0 Å². The molecule has 2 aromatic heterocycles. The maximum atomic E-state index is 4.65. The molecule has 0 saturated carbocycles. The Bertz CT molecular complexity index is 901. The fraction of sp³-hybridized carbons (Fsp3) is 0.0526. The summed E-state index contributed by atoms with van der Waals surface area (Å²) < 4.78 is 0. The fourth-order valence-electron chi connectivity index (χ4n) is 2.57. The number of H-pyrrole nitrogens is 1. The van der Waals surface area contributed by atoms with Crippen LogP contribution in [0.3, 0.4) is 0 Å². The second-order valence-electron chi connectivity index (χ2n) is 5.40. The molecule has 2 N–H and O–H groups in total. The van der Waals surface area contributed by atoms with Crippen molar-refractivity contribution in [3.63, 3.8) is 0 Å². The van der Waals surface area contributed by atoms with Crippen LogP contribution in [-0.2, 0) is 6.54 Å². The molecule has 0 bridgehead atoms. The number of nitrogens with zero attached hydrogens (tertiary/aromatic N) is 2. The predicted molar refractivity (Wildman–Crippen MR) is 100 cm³/mol. The van der Waals surface area contributed by atoms with Crippen molar-refractivity contribution in [2.75, 3.05) is 5.32 Å². The van der Waals surface area contributed by atoms with E-state index in [0.29, 0.717) is 0 Å². The maximum absolute atomic E-state index is 4.65. The fourth-order valence-corrected chi connectivity index (χ4v) is 2.57. The third-order valence-corrected chi connectivity index (χ3v) is 3.74. The molecule has 2 aromatic carbocycles. The van der Waals surface area contributed by atoms with Gasteiger partial charge in [-0.05, 0) is 35.9 Å². The highest BCUT2D eigenvalue weighted by atomic mass is 35.5. The first-order chi connectivity index (χ1) is 11.4. The molecule has 0 atom stereocenters. The van der Waals surface area contributed by atoms with Crippen LogP contribution in [0.1, 0.15) is 5.56 Å². The predicted octanol–water partition coefficient (Wildman–Crippen LogP) is 4.66. The summed E-state index contributed by atoms with van der Waals surface area (Å²) in [7, 11) is 0. The van der Waals surface area contributed by atoms with Gasteiger partial charge in [0.1, 0.15) is 5.82 Å². The van der Waals surface area contributed by atoms with E-state index in [-0.39, 0.29) is 12.4 Å². The Kier molecular flexibility index (Phi) is 4.77. The van der Waals surface area contributed by atoms with E-state index in [0.717, 1.165) is 40.2 Å². The molecule has 2 heterocycles. The molecule has 0 amide bonds. The Balaban J connectivity index is 0.00000169. The number of rotatable bonds is 4. The number of hydrogen-bond acceptors (Lipinski definition) is 3. The average Bonchev–Trinajstić information content (AvgIpc) is 3.05. The topological polar surface area (TPSA) is 53.6 Å². The second kappa shape index (κ2) is 7.15. The van der Waals surface area contributed by atoms with Gasteiger partial charge in [-0.2, -0.15) is 0 Å². The van der Waals surface area contributed by atoms with Crippen molar-refractivity contribution in [2.45, 2.75) is 6.54 Å². The lowest BCUT2D eigenvalue weighted by molar-refractivity contribution is 1.11. The van der Waals surface area contributed by atoms with Crippen LogP contribution < -0.4 is 5.32 Å². The van der Waals surface area contributed by atoms with Crippen LogP contribution in [0.4, 0.5) is 5.69 Å². The van der Waals surface area contributed by atoms with Crippen LogP contribution in [-0.4, -0.2) is 15.0 Å². The van der Waals surface area contributed by atoms with Crippen molar-refractivity contribution in [1.29, 1.82) is 0 Å². The molecule has 4 rings (SSSR count). The van der Waals surface area contributed by atoms with Gasteiger partial charge in [0.2, 0.25) is 0 Å². The molecular formula is C19H17ClN4. The summed E-state index contributed by atoms with van der Waals surface area (Å²) in [4.78, 5) is 12.1. The van der Waals surface area contributed by atoms with Gasteiger partial charge >= 0.3 is 0 Å². The van der Waals surface area contributed by atoms with E-state index in [4.69, 9.17) is 0 Å². The number of aromatic amines is 1. The first-order valence-corrected chi connectivity index (χ1v) is 7.56. The van der Waals surface area contributed by atoms with E-state index in [1.807, 2.05) is 42.6 Å². The monoisotopic (exact) mass is 336 g/mol. The minimum absolute atomic E-state index is 0. The van der Waals surface area contributed by atoms with E-state index in [1.165, 1.54) is 0 Å². The number of imidazole rings is 1. The Morgan fingerprint density at radius 3 is 2.71 bits per heavy atom.